The molecule has 3 atom stereocenters. The third kappa shape index (κ3) is 5.37. The fourth-order valence-electron chi connectivity index (χ4n) is 2.16. The quantitative estimate of drug-likeness (QED) is 0.412. The van der Waals surface area contributed by atoms with Gasteiger partial charge in [-0.1, -0.05) is 6.42 Å². The number of hydrogen-bond donors (Lipinski definition) is 4. The lowest BCUT2D eigenvalue weighted by molar-refractivity contribution is -0.107. The summed E-state index contributed by atoms with van der Waals surface area (Å²) in [5, 5.41) is 22.3. The molecule has 0 radical (unpaired) electrons. The van der Waals surface area contributed by atoms with E-state index in [1.54, 1.807) is 11.8 Å². The number of hydrogen-bond acceptors (Lipinski definition) is 4. The SMILES string of the molecule is O=CCCCC[C@@H]1SC[C@H](NC(=O)O)[C@@H]1NC(=O)O. The van der Waals surface area contributed by atoms with Crippen LogP contribution < -0.4 is 10.6 Å². The van der Waals surface area contributed by atoms with E-state index < -0.39 is 24.3 Å². The second-order valence-corrected chi connectivity index (χ2v) is 5.63. The molecule has 8 heteroatoms. The van der Waals surface area contributed by atoms with E-state index in [1.807, 2.05) is 0 Å². The summed E-state index contributed by atoms with van der Waals surface area (Å²) in [5.41, 5.74) is 0. The summed E-state index contributed by atoms with van der Waals surface area (Å²) >= 11 is 1.56. The number of unbranched alkanes of at least 4 members (excludes halogenated alkanes) is 2. The largest absolute Gasteiger partial charge is 0.465 e. The van der Waals surface area contributed by atoms with Gasteiger partial charge in [0.15, 0.2) is 0 Å². The van der Waals surface area contributed by atoms with Gasteiger partial charge in [0, 0.05) is 17.4 Å². The van der Waals surface area contributed by atoms with Crippen LogP contribution in [0.5, 0.6) is 0 Å². The van der Waals surface area contributed by atoms with E-state index in [2.05, 4.69) is 10.6 Å². The third-order valence-electron chi connectivity index (χ3n) is 2.98. The van der Waals surface area contributed by atoms with Crippen molar-refractivity contribution in [2.75, 3.05) is 5.75 Å². The highest BCUT2D eigenvalue weighted by Crippen LogP contribution is 2.31. The minimum Gasteiger partial charge on any atom is -0.465 e. The van der Waals surface area contributed by atoms with Gasteiger partial charge in [0.2, 0.25) is 0 Å². The average Bonchev–Trinajstić information content (AvgIpc) is 2.67. The molecule has 1 fully saturated rings. The van der Waals surface area contributed by atoms with Gasteiger partial charge < -0.3 is 25.6 Å². The number of carbonyl (C=O) groups is 3. The highest BCUT2D eigenvalue weighted by molar-refractivity contribution is 8.00. The molecule has 108 valence electrons. The zero-order valence-electron chi connectivity index (χ0n) is 10.4. The van der Waals surface area contributed by atoms with Crippen molar-refractivity contribution in [3.63, 3.8) is 0 Å². The molecular weight excluding hydrogens is 272 g/mol. The first-order valence-electron chi connectivity index (χ1n) is 6.08. The van der Waals surface area contributed by atoms with Crippen molar-refractivity contribution in [2.24, 2.45) is 0 Å². The van der Waals surface area contributed by atoms with Gasteiger partial charge in [-0.3, -0.25) is 0 Å². The van der Waals surface area contributed by atoms with Gasteiger partial charge in [0.05, 0.1) is 12.1 Å². The Labute approximate surface area is 115 Å². The Morgan fingerprint density at radius 1 is 1.21 bits per heavy atom. The van der Waals surface area contributed by atoms with E-state index in [0.29, 0.717) is 12.2 Å². The van der Waals surface area contributed by atoms with Crippen LogP contribution in [-0.4, -0.2) is 51.8 Å². The van der Waals surface area contributed by atoms with Crippen molar-refractivity contribution in [3.8, 4) is 0 Å². The van der Waals surface area contributed by atoms with Gasteiger partial charge >= 0.3 is 12.2 Å². The Hall–Kier alpha value is -1.44. The molecule has 0 aromatic rings. The summed E-state index contributed by atoms with van der Waals surface area (Å²) in [6.07, 6.45) is 1.44. The molecule has 19 heavy (non-hydrogen) atoms. The summed E-state index contributed by atoms with van der Waals surface area (Å²) in [6, 6.07) is -0.829. The van der Waals surface area contributed by atoms with E-state index in [9.17, 15) is 14.4 Å². The highest BCUT2D eigenvalue weighted by atomic mass is 32.2. The zero-order chi connectivity index (χ0) is 14.3. The van der Waals surface area contributed by atoms with E-state index >= 15 is 0 Å². The van der Waals surface area contributed by atoms with E-state index in [4.69, 9.17) is 10.2 Å². The van der Waals surface area contributed by atoms with Crippen molar-refractivity contribution in [3.05, 3.63) is 0 Å². The maximum Gasteiger partial charge on any atom is 0.404 e. The first-order chi connectivity index (χ1) is 9.04. The minimum absolute atomic E-state index is 0.0413. The predicted octanol–water partition coefficient (Wildman–Crippen LogP) is 1.13. The van der Waals surface area contributed by atoms with Crippen molar-refractivity contribution >= 4 is 30.2 Å². The number of thioether (sulfide) groups is 1. The molecule has 0 aromatic carbocycles. The van der Waals surface area contributed by atoms with Crippen LogP contribution in [0.2, 0.25) is 0 Å². The lowest BCUT2D eigenvalue weighted by atomic mass is 10.0. The van der Waals surface area contributed by atoms with Gasteiger partial charge in [-0.15, -0.1) is 0 Å². The number of rotatable bonds is 7. The molecular formula is C11H18N2O5S. The van der Waals surface area contributed by atoms with Crippen LogP contribution in [0, 0.1) is 0 Å². The second kappa shape index (κ2) is 7.88. The Morgan fingerprint density at radius 3 is 2.47 bits per heavy atom. The molecule has 0 aliphatic carbocycles. The molecule has 1 heterocycles. The Kier molecular flexibility index (Phi) is 6.48. The normalized spacial score (nSPS) is 25.8. The molecule has 0 spiro atoms. The number of carbonyl (C=O) groups excluding carboxylic acids is 1. The van der Waals surface area contributed by atoms with Crippen LogP contribution in [-0.2, 0) is 4.79 Å². The van der Waals surface area contributed by atoms with Gasteiger partial charge in [-0.2, -0.15) is 11.8 Å². The Morgan fingerprint density at radius 2 is 1.89 bits per heavy atom. The summed E-state index contributed by atoms with van der Waals surface area (Å²) in [7, 11) is 0. The molecule has 0 unspecified atom stereocenters. The third-order valence-corrected chi connectivity index (χ3v) is 4.49. The first kappa shape index (κ1) is 15.6. The van der Waals surface area contributed by atoms with Gasteiger partial charge in [0.25, 0.3) is 0 Å². The van der Waals surface area contributed by atoms with Crippen molar-refractivity contribution < 1.29 is 24.6 Å². The van der Waals surface area contributed by atoms with Crippen molar-refractivity contribution in [1.29, 1.82) is 0 Å². The van der Waals surface area contributed by atoms with Crippen molar-refractivity contribution in [2.45, 2.75) is 43.0 Å². The van der Waals surface area contributed by atoms with Crippen molar-refractivity contribution in [1.82, 2.24) is 10.6 Å². The zero-order valence-corrected chi connectivity index (χ0v) is 11.2. The van der Waals surface area contributed by atoms with E-state index in [1.165, 1.54) is 0 Å². The lowest BCUT2D eigenvalue weighted by Crippen LogP contribution is -2.52. The number of aldehydes is 1. The Bertz CT molecular complexity index is 339. The number of nitrogens with one attached hydrogen (secondary N) is 2. The van der Waals surface area contributed by atoms with Crippen LogP contribution in [0.25, 0.3) is 0 Å². The van der Waals surface area contributed by atoms with Crippen LogP contribution in [0.15, 0.2) is 0 Å². The maximum absolute atomic E-state index is 10.8. The van der Waals surface area contributed by atoms with Crippen LogP contribution in [0.3, 0.4) is 0 Å². The fraction of sp³-hybridized carbons (Fsp3) is 0.727. The Balaban J connectivity index is 2.51. The molecule has 1 aliphatic rings. The molecule has 1 rings (SSSR count). The lowest BCUT2D eigenvalue weighted by Gasteiger charge is -2.23. The van der Waals surface area contributed by atoms with E-state index in [-0.39, 0.29) is 5.25 Å². The predicted molar refractivity (Wildman–Crippen MR) is 70.7 cm³/mol. The minimum atomic E-state index is -1.15. The molecule has 0 bridgehead atoms. The van der Waals surface area contributed by atoms with Gasteiger partial charge in [0.1, 0.15) is 6.29 Å². The topological polar surface area (TPSA) is 116 Å². The van der Waals surface area contributed by atoms with Gasteiger partial charge in [-0.25, -0.2) is 9.59 Å². The average molecular weight is 290 g/mol. The molecule has 1 saturated heterocycles. The van der Waals surface area contributed by atoms with Crippen LogP contribution in [0.1, 0.15) is 25.7 Å². The standard InChI is InChI=1S/C11H18N2O5S/c14-5-3-1-2-4-8-9(13-11(17)18)7(6-19-8)12-10(15)16/h5,7-9,12-13H,1-4,6H2,(H,15,16)(H,17,18)/t7-,8-,9-/m0/s1. The summed E-state index contributed by atoms with van der Waals surface area (Å²) in [5.74, 6) is 0.551. The van der Waals surface area contributed by atoms with E-state index in [0.717, 1.165) is 25.5 Å². The molecule has 4 N–H and O–H groups in total. The molecule has 7 nitrogen and oxygen atoms in total. The molecule has 0 aromatic heterocycles. The fourth-order valence-corrected chi connectivity index (χ4v) is 3.70. The smallest absolute Gasteiger partial charge is 0.404 e. The summed E-state index contributed by atoms with van der Waals surface area (Å²) in [4.78, 5) is 31.6. The molecule has 1 aliphatic heterocycles. The second-order valence-electron chi connectivity index (χ2n) is 4.35. The summed E-state index contributed by atoms with van der Waals surface area (Å²) < 4.78 is 0. The molecule has 0 saturated carbocycles. The molecule has 2 amide bonds. The number of carboxylic acid groups (broad SMARTS) is 2. The maximum atomic E-state index is 10.8. The van der Waals surface area contributed by atoms with Crippen LogP contribution >= 0.6 is 11.8 Å². The monoisotopic (exact) mass is 290 g/mol. The number of amides is 2. The van der Waals surface area contributed by atoms with Crippen LogP contribution in [0.4, 0.5) is 9.59 Å². The summed E-state index contributed by atoms with van der Waals surface area (Å²) in [6.45, 7) is 0. The first-order valence-corrected chi connectivity index (χ1v) is 7.13. The van der Waals surface area contributed by atoms with Gasteiger partial charge in [-0.05, 0) is 12.8 Å². The highest BCUT2D eigenvalue weighted by Gasteiger charge is 2.38.